The lowest BCUT2D eigenvalue weighted by Crippen LogP contribution is -2.39. The molecule has 1 aliphatic heterocycles. The highest BCUT2D eigenvalue weighted by molar-refractivity contribution is 9.10. The normalized spacial score (nSPS) is 21.8. The van der Waals surface area contributed by atoms with Gasteiger partial charge in [0.1, 0.15) is 12.4 Å². The standard InChI is InChI=1S/C19H22BrFO5/c1-18(2,3)9-16(23)25-11-19(10-22)8-13(17(24)26-19)6-12-4-5-15(21)14(20)7-12/h4-7,22H,8-11H2,1-3H3/b13-6+. The van der Waals surface area contributed by atoms with Gasteiger partial charge in [0.2, 0.25) is 0 Å². The number of hydrogen-bond acceptors (Lipinski definition) is 5. The summed E-state index contributed by atoms with van der Waals surface area (Å²) in [5, 5.41) is 9.69. The summed E-state index contributed by atoms with van der Waals surface area (Å²) in [6.45, 7) is 5.05. The lowest BCUT2D eigenvalue weighted by molar-refractivity contribution is -0.167. The highest BCUT2D eigenvalue weighted by Crippen LogP contribution is 2.33. The SMILES string of the molecule is CC(C)(C)CC(=O)OCC1(CO)C/C(=C\c2ccc(F)c(Br)c2)C(=O)O1. The molecular weight excluding hydrogens is 407 g/mol. The Morgan fingerprint density at radius 1 is 1.46 bits per heavy atom. The van der Waals surface area contributed by atoms with Crippen LogP contribution in [0.2, 0.25) is 0 Å². The van der Waals surface area contributed by atoms with Gasteiger partial charge in [-0.25, -0.2) is 9.18 Å². The van der Waals surface area contributed by atoms with Crippen molar-refractivity contribution >= 4 is 33.9 Å². The number of halogens is 2. The van der Waals surface area contributed by atoms with Gasteiger partial charge in [0.25, 0.3) is 0 Å². The van der Waals surface area contributed by atoms with Gasteiger partial charge in [-0.2, -0.15) is 0 Å². The lowest BCUT2D eigenvalue weighted by Gasteiger charge is -2.25. The summed E-state index contributed by atoms with van der Waals surface area (Å²) in [4.78, 5) is 24.0. The number of cyclic esters (lactones) is 1. The summed E-state index contributed by atoms with van der Waals surface area (Å²) in [5.74, 6) is -1.41. The van der Waals surface area contributed by atoms with E-state index in [1.807, 2.05) is 20.8 Å². The Labute approximate surface area is 160 Å². The van der Waals surface area contributed by atoms with Crippen molar-refractivity contribution in [1.29, 1.82) is 0 Å². The van der Waals surface area contributed by atoms with Crippen LogP contribution in [0.25, 0.3) is 6.08 Å². The Morgan fingerprint density at radius 3 is 2.73 bits per heavy atom. The van der Waals surface area contributed by atoms with Gasteiger partial charge in [0.05, 0.1) is 17.5 Å². The molecule has 7 heteroatoms. The van der Waals surface area contributed by atoms with Crippen LogP contribution in [-0.4, -0.2) is 35.9 Å². The number of carbonyl (C=O) groups is 2. The molecule has 2 rings (SSSR count). The second kappa shape index (κ2) is 7.88. The maximum atomic E-state index is 13.3. The zero-order valence-electron chi connectivity index (χ0n) is 15.0. The number of ether oxygens (including phenoxy) is 2. The lowest BCUT2D eigenvalue weighted by atomic mass is 9.92. The molecule has 0 aromatic heterocycles. The molecule has 0 saturated carbocycles. The van der Waals surface area contributed by atoms with Crippen LogP contribution in [0.5, 0.6) is 0 Å². The van der Waals surface area contributed by atoms with Crippen molar-refractivity contribution in [2.75, 3.05) is 13.2 Å². The average molecular weight is 429 g/mol. The van der Waals surface area contributed by atoms with Crippen molar-refractivity contribution in [2.24, 2.45) is 5.41 Å². The smallest absolute Gasteiger partial charge is 0.334 e. The van der Waals surface area contributed by atoms with Crippen LogP contribution >= 0.6 is 15.9 Å². The summed E-state index contributed by atoms with van der Waals surface area (Å²) in [6, 6.07) is 4.35. The van der Waals surface area contributed by atoms with Crippen LogP contribution in [0.1, 0.15) is 39.2 Å². The molecule has 26 heavy (non-hydrogen) atoms. The first-order valence-corrected chi connectivity index (χ1v) is 8.98. The van der Waals surface area contributed by atoms with Crippen LogP contribution in [0, 0.1) is 11.2 Å². The Bertz CT molecular complexity index is 738. The summed E-state index contributed by atoms with van der Waals surface area (Å²) < 4.78 is 24.1. The zero-order chi connectivity index (χ0) is 19.5. The minimum absolute atomic E-state index is 0.0973. The van der Waals surface area contributed by atoms with Crippen molar-refractivity contribution in [3.63, 3.8) is 0 Å². The maximum Gasteiger partial charge on any atom is 0.334 e. The molecule has 0 amide bonds. The molecule has 1 heterocycles. The van der Waals surface area contributed by atoms with Crippen molar-refractivity contribution in [1.82, 2.24) is 0 Å². The Kier molecular flexibility index (Phi) is 6.24. The predicted octanol–water partition coefficient (Wildman–Crippen LogP) is 3.63. The maximum absolute atomic E-state index is 13.3. The Balaban J connectivity index is 2.10. The molecule has 1 fully saturated rings. The van der Waals surface area contributed by atoms with E-state index in [1.165, 1.54) is 18.2 Å². The fourth-order valence-electron chi connectivity index (χ4n) is 2.54. The number of aliphatic hydroxyl groups is 1. The second-order valence-corrected chi connectivity index (χ2v) is 8.50. The van der Waals surface area contributed by atoms with E-state index < -0.39 is 30.0 Å². The van der Waals surface area contributed by atoms with E-state index in [-0.39, 0.29) is 29.3 Å². The van der Waals surface area contributed by atoms with E-state index in [0.717, 1.165) is 0 Å². The molecule has 5 nitrogen and oxygen atoms in total. The van der Waals surface area contributed by atoms with Gasteiger partial charge in [-0.3, -0.25) is 4.79 Å². The number of aliphatic hydroxyl groups excluding tert-OH is 1. The number of benzene rings is 1. The highest BCUT2D eigenvalue weighted by Gasteiger charge is 2.44. The number of hydrogen-bond donors (Lipinski definition) is 1. The molecule has 0 radical (unpaired) electrons. The van der Waals surface area contributed by atoms with Crippen molar-refractivity contribution in [3.05, 3.63) is 39.6 Å². The van der Waals surface area contributed by atoms with Gasteiger partial charge in [-0.1, -0.05) is 26.8 Å². The zero-order valence-corrected chi connectivity index (χ0v) is 16.6. The molecule has 0 aliphatic carbocycles. The van der Waals surface area contributed by atoms with E-state index in [1.54, 1.807) is 6.08 Å². The minimum Gasteiger partial charge on any atom is -0.461 e. The molecule has 1 unspecified atom stereocenters. The minimum atomic E-state index is -1.28. The molecule has 0 bridgehead atoms. The van der Waals surface area contributed by atoms with Crippen LogP contribution < -0.4 is 0 Å². The number of carbonyl (C=O) groups excluding carboxylic acids is 2. The van der Waals surface area contributed by atoms with E-state index in [9.17, 15) is 19.1 Å². The highest BCUT2D eigenvalue weighted by atomic mass is 79.9. The van der Waals surface area contributed by atoms with Gasteiger partial charge in [-0.05, 0) is 45.1 Å². The largest absolute Gasteiger partial charge is 0.461 e. The summed E-state index contributed by atoms with van der Waals surface area (Å²) in [6.07, 6.45) is 1.88. The van der Waals surface area contributed by atoms with Crippen molar-refractivity contribution < 1.29 is 28.6 Å². The molecule has 1 saturated heterocycles. The van der Waals surface area contributed by atoms with Gasteiger partial charge in [0, 0.05) is 12.0 Å². The molecule has 1 N–H and O–H groups in total. The fourth-order valence-corrected chi connectivity index (χ4v) is 2.94. The van der Waals surface area contributed by atoms with E-state index in [4.69, 9.17) is 9.47 Å². The summed E-state index contributed by atoms with van der Waals surface area (Å²) >= 11 is 3.09. The van der Waals surface area contributed by atoms with Crippen LogP contribution in [-0.2, 0) is 19.1 Å². The fraction of sp³-hybridized carbons (Fsp3) is 0.474. The topological polar surface area (TPSA) is 72.8 Å². The first kappa shape index (κ1) is 20.6. The first-order chi connectivity index (χ1) is 12.0. The average Bonchev–Trinajstić information content (AvgIpc) is 2.84. The van der Waals surface area contributed by atoms with E-state index >= 15 is 0 Å². The predicted molar refractivity (Wildman–Crippen MR) is 97.6 cm³/mol. The third-order valence-corrected chi connectivity index (χ3v) is 4.44. The number of rotatable bonds is 5. The van der Waals surface area contributed by atoms with Crippen LogP contribution in [0.4, 0.5) is 4.39 Å². The summed E-state index contributed by atoms with van der Waals surface area (Å²) in [5.41, 5.74) is -0.571. The molecule has 1 atom stereocenters. The van der Waals surface area contributed by atoms with Crippen LogP contribution in [0.3, 0.4) is 0 Å². The van der Waals surface area contributed by atoms with E-state index in [2.05, 4.69) is 15.9 Å². The third-order valence-electron chi connectivity index (χ3n) is 3.83. The second-order valence-electron chi connectivity index (χ2n) is 7.65. The quantitative estimate of drug-likeness (QED) is 0.572. The monoisotopic (exact) mass is 428 g/mol. The first-order valence-electron chi connectivity index (χ1n) is 8.19. The third kappa shape index (κ3) is 5.38. The summed E-state index contributed by atoms with van der Waals surface area (Å²) in [7, 11) is 0. The molecule has 1 aromatic rings. The number of esters is 2. The van der Waals surface area contributed by atoms with Gasteiger partial charge in [-0.15, -0.1) is 0 Å². The molecule has 0 spiro atoms. The van der Waals surface area contributed by atoms with Gasteiger partial charge < -0.3 is 14.6 Å². The van der Waals surface area contributed by atoms with Crippen molar-refractivity contribution in [3.8, 4) is 0 Å². The Hall–Kier alpha value is -1.73. The molecular formula is C19H22BrFO5. The molecule has 142 valence electrons. The molecule has 1 aliphatic rings. The van der Waals surface area contributed by atoms with Crippen LogP contribution in [0.15, 0.2) is 28.2 Å². The Morgan fingerprint density at radius 2 is 2.15 bits per heavy atom. The van der Waals surface area contributed by atoms with Gasteiger partial charge in [0.15, 0.2) is 5.60 Å². The van der Waals surface area contributed by atoms with Gasteiger partial charge >= 0.3 is 11.9 Å². The van der Waals surface area contributed by atoms with Crippen molar-refractivity contribution in [2.45, 2.75) is 39.2 Å². The molecule has 1 aromatic carbocycles. The van der Waals surface area contributed by atoms with E-state index in [0.29, 0.717) is 11.1 Å².